The molecule has 3 aromatic rings. The molecule has 2 aromatic carbocycles. The van der Waals surface area contributed by atoms with Crippen LogP contribution in [-0.4, -0.2) is 34.1 Å². The Kier molecular flexibility index (Phi) is 5.49. The fourth-order valence-electron chi connectivity index (χ4n) is 3.39. The van der Waals surface area contributed by atoms with Crippen molar-refractivity contribution in [2.45, 2.75) is 25.8 Å². The zero-order chi connectivity index (χ0) is 20.4. The third-order valence-corrected chi connectivity index (χ3v) is 5.08. The predicted octanol–water partition coefficient (Wildman–Crippen LogP) is 4.44. The van der Waals surface area contributed by atoms with Crippen molar-refractivity contribution in [2.75, 3.05) is 13.2 Å². The molecule has 150 valence electrons. The van der Waals surface area contributed by atoms with Gasteiger partial charge in [0.2, 0.25) is 17.6 Å². The van der Waals surface area contributed by atoms with E-state index >= 15 is 0 Å². The number of halogens is 2. The third-order valence-electron chi connectivity index (χ3n) is 4.79. The molecule has 1 unspecified atom stereocenters. The highest BCUT2D eigenvalue weighted by Gasteiger charge is 2.34. The van der Waals surface area contributed by atoms with E-state index in [0.29, 0.717) is 37.2 Å². The number of hydrogen-bond donors (Lipinski definition) is 0. The van der Waals surface area contributed by atoms with Gasteiger partial charge in [-0.2, -0.15) is 4.98 Å². The molecule has 1 saturated heterocycles. The first kappa shape index (κ1) is 19.4. The summed E-state index contributed by atoms with van der Waals surface area (Å²) in [5.74, 6) is 0.829. The van der Waals surface area contributed by atoms with Crippen LogP contribution in [-0.2, 0) is 11.3 Å². The molecule has 6 nitrogen and oxygen atoms in total. The number of carbonyl (C=O) groups excluding carboxylic acids is 1. The largest absolute Gasteiger partial charge is 0.493 e. The van der Waals surface area contributed by atoms with E-state index in [9.17, 15) is 9.18 Å². The van der Waals surface area contributed by atoms with Crippen LogP contribution >= 0.6 is 11.6 Å². The molecular weight excluding hydrogens is 397 g/mol. The molecule has 4 rings (SSSR count). The molecule has 0 bridgehead atoms. The number of aromatic nitrogens is 2. The highest BCUT2D eigenvalue weighted by molar-refractivity contribution is 6.30. The van der Waals surface area contributed by atoms with Crippen molar-refractivity contribution >= 4 is 17.5 Å². The number of carbonyl (C=O) groups is 1. The fraction of sp³-hybridized carbons (Fsp3) is 0.286. The Bertz CT molecular complexity index is 1040. The standard InChI is InChI=1S/C21H19ClFN3O3/c1-2-28-18-6-4-3-5-15(18)20-24-21(29-25-20)14-10-19(27)26(12-14)11-13-7-8-17(23)16(22)9-13/h3-9,14H,2,10-12H2,1H3. The highest BCUT2D eigenvalue weighted by Crippen LogP contribution is 2.32. The third kappa shape index (κ3) is 4.10. The first-order valence-corrected chi connectivity index (χ1v) is 9.70. The molecule has 1 atom stereocenters. The maximum Gasteiger partial charge on any atom is 0.232 e. The minimum atomic E-state index is -0.480. The Morgan fingerprint density at radius 1 is 1.31 bits per heavy atom. The number of para-hydroxylation sites is 1. The number of rotatable bonds is 6. The van der Waals surface area contributed by atoms with Crippen LogP contribution < -0.4 is 4.74 Å². The van der Waals surface area contributed by atoms with E-state index in [1.165, 1.54) is 12.1 Å². The number of amides is 1. The van der Waals surface area contributed by atoms with Gasteiger partial charge in [0.05, 0.1) is 23.1 Å². The van der Waals surface area contributed by atoms with Gasteiger partial charge in [0, 0.05) is 19.5 Å². The van der Waals surface area contributed by atoms with Crippen molar-refractivity contribution in [1.82, 2.24) is 15.0 Å². The van der Waals surface area contributed by atoms with Gasteiger partial charge in [-0.1, -0.05) is 35.0 Å². The van der Waals surface area contributed by atoms with Gasteiger partial charge < -0.3 is 14.2 Å². The van der Waals surface area contributed by atoms with Gasteiger partial charge in [0.15, 0.2) is 0 Å². The van der Waals surface area contributed by atoms with Crippen molar-refractivity contribution in [3.63, 3.8) is 0 Å². The molecule has 0 spiro atoms. The summed E-state index contributed by atoms with van der Waals surface area (Å²) in [4.78, 5) is 18.6. The Balaban J connectivity index is 1.49. The van der Waals surface area contributed by atoms with E-state index < -0.39 is 5.82 Å². The van der Waals surface area contributed by atoms with Crippen molar-refractivity contribution < 1.29 is 18.4 Å². The summed E-state index contributed by atoms with van der Waals surface area (Å²) in [5.41, 5.74) is 1.51. The SMILES string of the molecule is CCOc1ccccc1-c1noc(C2CC(=O)N(Cc3ccc(F)c(Cl)c3)C2)n1. The van der Waals surface area contributed by atoms with Gasteiger partial charge in [0.1, 0.15) is 11.6 Å². The van der Waals surface area contributed by atoms with E-state index in [2.05, 4.69) is 10.1 Å². The van der Waals surface area contributed by atoms with Crippen LogP contribution in [0.3, 0.4) is 0 Å². The van der Waals surface area contributed by atoms with Gasteiger partial charge in [-0.3, -0.25) is 4.79 Å². The molecule has 8 heteroatoms. The lowest BCUT2D eigenvalue weighted by Gasteiger charge is -2.16. The van der Waals surface area contributed by atoms with Crippen LogP contribution in [0.5, 0.6) is 5.75 Å². The zero-order valence-electron chi connectivity index (χ0n) is 15.8. The summed E-state index contributed by atoms with van der Waals surface area (Å²) in [6, 6.07) is 11.9. The molecule has 1 fully saturated rings. The predicted molar refractivity (Wildman–Crippen MR) is 105 cm³/mol. The number of ether oxygens (including phenoxy) is 1. The van der Waals surface area contributed by atoms with Gasteiger partial charge in [-0.15, -0.1) is 0 Å². The first-order valence-electron chi connectivity index (χ1n) is 9.32. The van der Waals surface area contributed by atoms with E-state index in [-0.39, 0.29) is 23.3 Å². The highest BCUT2D eigenvalue weighted by atomic mass is 35.5. The van der Waals surface area contributed by atoms with Crippen LogP contribution in [0.25, 0.3) is 11.4 Å². The molecule has 29 heavy (non-hydrogen) atoms. The molecule has 1 aliphatic rings. The van der Waals surface area contributed by atoms with Crippen LogP contribution in [0.1, 0.15) is 30.7 Å². The molecule has 1 aromatic heterocycles. The van der Waals surface area contributed by atoms with Crippen molar-refractivity contribution in [2.24, 2.45) is 0 Å². The zero-order valence-corrected chi connectivity index (χ0v) is 16.5. The lowest BCUT2D eigenvalue weighted by molar-refractivity contribution is -0.128. The average Bonchev–Trinajstić information content (AvgIpc) is 3.33. The summed E-state index contributed by atoms with van der Waals surface area (Å²) in [5, 5.41) is 4.12. The molecule has 1 amide bonds. The second-order valence-corrected chi connectivity index (χ2v) is 7.22. The molecule has 0 N–H and O–H groups in total. The summed E-state index contributed by atoms with van der Waals surface area (Å²) in [7, 11) is 0. The van der Waals surface area contributed by atoms with E-state index in [4.69, 9.17) is 20.9 Å². The van der Waals surface area contributed by atoms with E-state index in [1.54, 1.807) is 11.0 Å². The van der Waals surface area contributed by atoms with Crippen molar-refractivity contribution in [3.05, 3.63) is 64.8 Å². The van der Waals surface area contributed by atoms with E-state index in [1.807, 2.05) is 31.2 Å². The lowest BCUT2D eigenvalue weighted by Crippen LogP contribution is -2.24. The van der Waals surface area contributed by atoms with Gasteiger partial charge in [0.25, 0.3) is 0 Å². The molecule has 1 aliphatic heterocycles. The topological polar surface area (TPSA) is 68.5 Å². The molecule has 0 aliphatic carbocycles. The Morgan fingerprint density at radius 2 is 2.14 bits per heavy atom. The van der Waals surface area contributed by atoms with Crippen LogP contribution in [0, 0.1) is 5.82 Å². The first-order chi connectivity index (χ1) is 14.0. The molecular formula is C21H19ClFN3O3. The van der Waals surface area contributed by atoms with Gasteiger partial charge >= 0.3 is 0 Å². The number of nitrogens with zero attached hydrogens (tertiary/aromatic N) is 3. The van der Waals surface area contributed by atoms with Crippen molar-refractivity contribution in [1.29, 1.82) is 0 Å². The van der Waals surface area contributed by atoms with Gasteiger partial charge in [-0.25, -0.2) is 4.39 Å². The number of hydrogen-bond acceptors (Lipinski definition) is 5. The van der Waals surface area contributed by atoms with Gasteiger partial charge in [-0.05, 0) is 36.8 Å². The van der Waals surface area contributed by atoms with Crippen molar-refractivity contribution in [3.8, 4) is 17.1 Å². The quantitative estimate of drug-likeness (QED) is 0.595. The molecule has 0 saturated carbocycles. The smallest absolute Gasteiger partial charge is 0.232 e. The maximum atomic E-state index is 13.3. The maximum absolute atomic E-state index is 13.3. The number of likely N-dealkylation sites (tertiary alicyclic amines) is 1. The molecule has 2 heterocycles. The summed E-state index contributed by atoms with van der Waals surface area (Å²) >= 11 is 5.83. The summed E-state index contributed by atoms with van der Waals surface area (Å²) in [6.07, 6.45) is 0.281. The Labute approximate surface area is 172 Å². The fourth-order valence-corrected chi connectivity index (χ4v) is 3.60. The normalized spacial score (nSPS) is 16.4. The monoisotopic (exact) mass is 415 g/mol. The summed E-state index contributed by atoms with van der Waals surface area (Å²) in [6.45, 7) is 3.23. The number of benzene rings is 2. The average molecular weight is 416 g/mol. The Morgan fingerprint density at radius 3 is 2.93 bits per heavy atom. The minimum Gasteiger partial charge on any atom is -0.493 e. The van der Waals surface area contributed by atoms with Crippen LogP contribution in [0.2, 0.25) is 5.02 Å². The second kappa shape index (κ2) is 8.21. The summed E-state index contributed by atoms with van der Waals surface area (Å²) < 4.78 is 24.4. The van der Waals surface area contributed by atoms with Crippen LogP contribution in [0.4, 0.5) is 4.39 Å². The minimum absolute atomic E-state index is 0.0232. The molecule has 0 radical (unpaired) electrons. The van der Waals surface area contributed by atoms with Crippen LogP contribution in [0.15, 0.2) is 47.0 Å². The van der Waals surface area contributed by atoms with E-state index in [0.717, 1.165) is 11.1 Å². The Hall–Kier alpha value is -2.93. The lowest BCUT2D eigenvalue weighted by atomic mass is 10.1. The second-order valence-electron chi connectivity index (χ2n) is 6.81.